The first kappa shape index (κ1) is 24.8. The Kier molecular flexibility index (Phi) is 7.73. The van der Waals surface area contributed by atoms with Gasteiger partial charge in [-0.05, 0) is 49.1 Å². The quantitative estimate of drug-likeness (QED) is 0.302. The number of hydrogen-bond donors (Lipinski definition) is 0. The number of aromatic nitrogens is 4. The van der Waals surface area contributed by atoms with Gasteiger partial charge in [-0.1, -0.05) is 48.9 Å². The topological polar surface area (TPSA) is 80.3 Å². The third-order valence-electron chi connectivity index (χ3n) is 5.93. The van der Waals surface area contributed by atoms with Crippen molar-refractivity contribution in [1.29, 1.82) is 0 Å². The Hall–Kier alpha value is -3.36. The zero-order valence-corrected chi connectivity index (χ0v) is 20.9. The van der Waals surface area contributed by atoms with E-state index in [1.165, 1.54) is 9.13 Å². The van der Waals surface area contributed by atoms with Crippen molar-refractivity contribution in [3.63, 3.8) is 0 Å². The molecule has 0 unspecified atom stereocenters. The number of ether oxygens (including phenoxy) is 2. The molecular weight excluding hydrogens is 468 g/mol. The number of aryl methyl sites for hydroxylation is 2. The van der Waals surface area contributed by atoms with Gasteiger partial charge in [0.25, 0.3) is 5.56 Å². The summed E-state index contributed by atoms with van der Waals surface area (Å²) in [6, 6.07) is 15.4. The number of imidazole rings is 1. The summed E-state index contributed by atoms with van der Waals surface area (Å²) in [5, 5.41) is 0.623. The highest BCUT2D eigenvalue weighted by Crippen LogP contribution is 2.28. The molecule has 8 nitrogen and oxygen atoms in total. The second kappa shape index (κ2) is 10.9. The zero-order valence-electron chi connectivity index (χ0n) is 20.2. The largest absolute Gasteiger partial charge is 0.425 e. The molecule has 0 N–H and O–H groups in total. The van der Waals surface area contributed by atoms with Crippen LogP contribution in [0.15, 0.2) is 58.1 Å². The normalized spacial score (nSPS) is 11.3. The second-order valence-corrected chi connectivity index (χ2v) is 8.61. The van der Waals surface area contributed by atoms with Gasteiger partial charge >= 0.3 is 11.7 Å². The molecule has 0 fully saturated rings. The van der Waals surface area contributed by atoms with Crippen LogP contribution in [0.4, 0.5) is 0 Å². The molecule has 184 valence electrons. The van der Waals surface area contributed by atoms with Gasteiger partial charge in [-0.2, -0.15) is 4.98 Å². The van der Waals surface area contributed by atoms with E-state index in [9.17, 15) is 9.59 Å². The maximum atomic E-state index is 13.6. The van der Waals surface area contributed by atoms with Gasteiger partial charge in [0, 0.05) is 31.8 Å². The number of fused-ring (bicyclic) bond motifs is 1. The van der Waals surface area contributed by atoms with E-state index in [0.717, 1.165) is 17.5 Å². The van der Waals surface area contributed by atoms with Crippen molar-refractivity contribution in [2.45, 2.75) is 46.3 Å². The van der Waals surface area contributed by atoms with Crippen molar-refractivity contribution >= 4 is 22.8 Å². The van der Waals surface area contributed by atoms with E-state index in [1.54, 1.807) is 23.8 Å². The highest BCUT2D eigenvalue weighted by molar-refractivity contribution is 6.30. The Labute approximate surface area is 208 Å². The zero-order chi connectivity index (χ0) is 24.9. The Morgan fingerprint density at radius 3 is 2.40 bits per heavy atom. The molecule has 0 aliphatic carbocycles. The molecular formula is C26H29ClN4O4. The average molecular weight is 497 g/mol. The minimum Gasteiger partial charge on any atom is -0.425 e. The maximum Gasteiger partial charge on any atom is 0.332 e. The lowest BCUT2D eigenvalue weighted by Gasteiger charge is -2.13. The molecule has 0 saturated carbocycles. The second-order valence-electron chi connectivity index (χ2n) is 8.17. The standard InChI is InChI=1S/C26H29ClN4O4/c1-4-19-9-6-7-10-21(19)35-25-28-23-22(31(25)17-18-11-13-20(27)14-12-18)24(32)30(15-8-16-34-3)26(33)29(23)5-2/h6-7,9-14H,4-5,8,15-17H2,1-3H3. The van der Waals surface area contributed by atoms with Crippen LogP contribution >= 0.6 is 11.6 Å². The molecule has 0 amide bonds. The van der Waals surface area contributed by atoms with Crippen LogP contribution in [0.3, 0.4) is 0 Å². The van der Waals surface area contributed by atoms with Gasteiger partial charge in [0.2, 0.25) is 0 Å². The van der Waals surface area contributed by atoms with Gasteiger partial charge in [-0.25, -0.2) is 4.79 Å². The monoisotopic (exact) mass is 496 g/mol. The fraction of sp³-hybridized carbons (Fsp3) is 0.346. The van der Waals surface area contributed by atoms with Crippen LogP contribution in [0.5, 0.6) is 11.8 Å². The molecule has 0 aliphatic rings. The Morgan fingerprint density at radius 2 is 1.71 bits per heavy atom. The number of hydrogen-bond acceptors (Lipinski definition) is 5. The summed E-state index contributed by atoms with van der Waals surface area (Å²) in [5.74, 6) is 0.661. The van der Waals surface area contributed by atoms with E-state index in [0.29, 0.717) is 48.1 Å². The summed E-state index contributed by atoms with van der Waals surface area (Å²) in [7, 11) is 1.59. The molecule has 2 aromatic carbocycles. The molecule has 0 bridgehead atoms. The predicted octanol–water partition coefficient (Wildman–Crippen LogP) is 4.47. The van der Waals surface area contributed by atoms with E-state index in [-0.39, 0.29) is 12.6 Å². The van der Waals surface area contributed by atoms with Crippen molar-refractivity contribution < 1.29 is 9.47 Å². The van der Waals surface area contributed by atoms with Crippen LogP contribution in [0.1, 0.15) is 31.4 Å². The van der Waals surface area contributed by atoms with Crippen LogP contribution in [0.25, 0.3) is 11.2 Å². The molecule has 2 heterocycles. The summed E-state index contributed by atoms with van der Waals surface area (Å²) in [6.07, 6.45) is 1.32. The summed E-state index contributed by atoms with van der Waals surface area (Å²) >= 11 is 6.08. The van der Waals surface area contributed by atoms with E-state index in [2.05, 4.69) is 4.98 Å². The third-order valence-corrected chi connectivity index (χ3v) is 6.19. The Morgan fingerprint density at radius 1 is 0.971 bits per heavy atom. The molecule has 0 aliphatic heterocycles. The molecule has 0 radical (unpaired) electrons. The SMILES string of the molecule is CCc1ccccc1Oc1nc2c(c(=O)n(CCCOC)c(=O)n2CC)n1Cc1ccc(Cl)cc1. The number of halogens is 1. The van der Waals surface area contributed by atoms with Crippen molar-refractivity contribution in [1.82, 2.24) is 18.7 Å². The van der Waals surface area contributed by atoms with Gasteiger partial charge in [-0.3, -0.25) is 18.5 Å². The first-order valence-electron chi connectivity index (χ1n) is 11.7. The van der Waals surface area contributed by atoms with Crippen LogP contribution in [-0.4, -0.2) is 32.4 Å². The Balaban J connectivity index is 1.95. The van der Waals surface area contributed by atoms with Gasteiger partial charge in [0.15, 0.2) is 11.2 Å². The number of nitrogens with zero attached hydrogens (tertiary/aromatic N) is 4. The fourth-order valence-electron chi connectivity index (χ4n) is 4.11. The molecule has 4 aromatic rings. The molecule has 9 heteroatoms. The lowest BCUT2D eigenvalue weighted by molar-refractivity contribution is 0.189. The smallest absolute Gasteiger partial charge is 0.332 e. The first-order chi connectivity index (χ1) is 17.0. The first-order valence-corrected chi connectivity index (χ1v) is 12.1. The molecule has 4 rings (SSSR count). The number of para-hydroxylation sites is 1. The summed E-state index contributed by atoms with van der Waals surface area (Å²) in [4.78, 5) is 31.5. The van der Waals surface area contributed by atoms with Crippen LogP contribution in [0.2, 0.25) is 5.02 Å². The van der Waals surface area contributed by atoms with E-state index in [4.69, 9.17) is 21.1 Å². The highest BCUT2D eigenvalue weighted by atomic mass is 35.5. The van der Waals surface area contributed by atoms with E-state index >= 15 is 0 Å². The van der Waals surface area contributed by atoms with Crippen molar-refractivity contribution in [3.05, 3.63) is 85.5 Å². The van der Waals surface area contributed by atoms with Crippen LogP contribution in [-0.2, 0) is 30.8 Å². The molecule has 0 atom stereocenters. The number of methoxy groups -OCH3 is 1. The van der Waals surface area contributed by atoms with Gasteiger partial charge in [0.05, 0.1) is 6.54 Å². The fourth-order valence-corrected chi connectivity index (χ4v) is 4.24. The van der Waals surface area contributed by atoms with Crippen molar-refractivity contribution in [3.8, 4) is 11.8 Å². The number of rotatable bonds is 10. The van der Waals surface area contributed by atoms with Gasteiger partial charge in [-0.15, -0.1) is 0 Å². The summed E-state index contributed by atoms with van der Waals surface area (Å²) in [6.45, 7) is 5.29. The van der Waals surface area contributed by atoms with Crippen LogP contribution in [0, 0.1) is 0 Å². The molecule has 2 aromatic heterocycles. The van der Waals surface area contributed by atoms with Gasteiger partial charge in [0.1, 0.15) is 5.75 Å². The molecule has 35 heavy (non-hydrogen) atoms. The van der Waals surface area contributed by atoms with Crippen molar-refractivity contribution in [2.75, 3.05) is 13.7 Å². The summed E-state index contributed by atoms with van der Waals surface area (Å²) < 4.78 is 15.9. The summed E-state index contributed by atoms with van der Waals surface area (Å²) in [5.41, 5.74) is 1.78. The van der Waals surface area contributed by atoms with E-state index < -0.39 is 11.2 Å². The molecule has 0 spiro atoms. The molecule has 0 saturated heterocycles. The highest BCUT2D eigenvalue weighted by Gasteiger charge is 2.23. The third kappa shape index (κ3) is 5.04. The van der Waals surface area contributed by atoms with Gasteiger partial charge < -0.3 is 9.47 Å². The number of benzene rings is 2. The minimum atomic E-state index is -0.397. The van der Waals surface area contributed by atoms with E-state index in [1.807, 2.05) is 50.2 Å². The van der Waals surface area contributed by atoms with Crippen LogP contribution < -0.4 is 16.0 Å². The maximum absolute atomic E-state index is 13.6. The van der Waals surface area contributed by atoms with Crippen molar-refractivity contribution in [2.24, 2.45) is 0 Å². The Bertz CT molecular complexity index is 1440. The lowest BCUT2D eigenvalue weighted by Crippen LogP contribution is -2.40. The lowest BCUT2D eigenvalue weighted by atomic mass is 10.1. The predicted molar refractivity (Wildman–Crippen MR) is 137 cm³/mol. The minimum absolute atomic E-state index is 0.252. The average Bonchev–Trinajstić information content (AvgIpc) is 3.20.